The van der Waals surface area contributed by atoms with Crippen LogP contribution in [0.1, 0.15) is 22.3 Å². The first-order chi connectivity index (χ1) is 15.2. The topological polar surface area (TPSA) is 91.3 Å². The van der Waals surface area contributed by atoms with Gasteiger partial charge in [-0.15, -0.1) is 10.2 Å². The largest absolute Gasteiger partial charge is 0.352 e. The summed E-state index contributed by atoms with van der Waals surface area (Å²) in [4.78, 5) is 6.76. The van der Waals surface area contributed by atoms with Crippen molar-refractivity contribution in [3.8, 4) is 0 Å². The third kappa shape index (κ3) is 4.58. The summed E-state index contributed by atoms with van der Waals surface area (Å²) in [5.74, 6) is 2.04. The molecule has 1 N–H and O–H groups in total. The Hall–Kier alpha value is -3.04. The number of aryl methyl sites for hydroxylation is 4. The van der Waals surface area contributed by atoms with Gasteiger partial charge in [0, 0.05) is 32.4 Å². The molecule has 3 aromatic rings. The standard InChI is InChI=1S/C23H28N6O2S/c1-16-5-6-21(24-15-16)25-22-7-8-23(27-26-22)28-9-11-29(12-10-28)32(30,31)20-14-18(3)17(2)13-19(20)4/h5-8,13-15H,9-12H2,1-4H3,(H,24,25,26). The highest BCUT2D eigenvalue weighted by Crippen LogP contribution is 2.25. The van der Waals surface area contributed by atoms with E-state index in [1.165, 1.54) is 0 Å². The molecule has 32 heavy (non-hydrogen) atoms. The Labute approximate surface area is 189 Å². The zero-order chi connectivity index (χ0) is 22.9. The van der Waals surface area contributed by atoms with E-state index < -0.39 is 10.0 Å². The van der Waals surface area contributed by atoms with Crippen molar-refractivity contribution in [2.24, 2.45) is 0 Å². The van der Waals surface area contributed by atoms with Crippen LogP contribution in [0.15, 0.2) is 47.5 Å². The minimum Gasteiger partial charge on any atom is -0.352 e. The summed E-state index contributed by atoms with van der Waals surface area (Å²) in [5, 5.41) is 11.7. The van der Waals surface area contributed by atoms with Crippen LogP contribution in [0.3, 0.4) is 0 Å². The van der Waals surface area contributed by atoms with Crippen molar-refractivity contribution in [3.63, 3.8) is 0 Å². The Bertz CT molecular complexity index is 1200. The number of piperazine rings is 1. The second kappa shape index (κ2) is 8.84. The van der Waals surface area contributed by atoms with Crippen molar-refractivity contribution < 1.29 is 8.42 Å². The van der Waals surface area contributed by atoms with Gasteiger partial charge >= 0.3 is 0 Å². The molecule has 0 atom stereocenters. The molecule has 168 valence electrons. The smallest absolute Gasteiger partial charge is 0.243 e. The molecule has 3 heterocycles. The lowest BCUT2D eigenvalue weighted by atomic mass is 10.1. The summed E-state index contributed by atoms with van der Waals surface area (Å²) >= 11 is 0. The van der Waals surface area contributed by atoms with Crippen molar-refractivity contribution in [1.29, 1.82) is 0 Å². The number of hydrogen-bond acceptors (Lipinski definition) is 7. The van der Waals surface area contributed by atoms with E-state index in [2.05, 4.69) is 25.4 Å². The summed E-state index contributed by atoms with van der Waals surface area (Å²) in [6.07, 6.45) is 1.79. The Balaban J connectivity index is 1.41. The third-order valence-electron chi connectivity index (χ3n) is 5.79. The molecule has 2 aromatic heterocycles. The molecule has 0 radical (unpaired) electrons. The maximum absolute atomic E-state index is 13.2. The average molecular weight is 453 g/mol. The molecule has 0 bridgehead atoms. The van der Waals surface area contributed by atoms with E-state index in [0.29, 0.717) is 42.7 Å². The van der Waals surface area contributed by atoms with Gasteiger partial charge in [0.25, 0.3) is 0 Å². The van der Waals surface area contributed by atoms with Crippen molar-refractivity contribution >= 4 is 27.5 Å². The number of benzene rings is 1. The number of sulfonamides is 1. The molecular weight excluding hydrogens is 424 g/mol. The first-order valence-corrected chi connectivity index (χ1v) is 12.0. The van der Waals surface area contributed by atoms with E-state index in [1.807, 2.05) is 58.0 Å². The first kappa shape index (κ1) is 22.2. The van der Waals surface area contributed by atoms with Crippen LogP contribution in [0, 0.1) is 27.7 Å². The van der Waals surface area contributed by atoms with Gasteiger partial charge in [-0.2, -0.15) is 4.31 Å². The van der Waals surface area contributed by atoms with E-state index in [1.54, 1.807) is 16.6 Å². The van der Waals surface area contributed by atoms with Crippen molar-refractivity contribution in [2.45, 2.75) is 32.6 Å². The number of rotatable bonds is 5. The fraction of sp³-hybridized carbons (Fsp3) is 0.348. The van der Waals surface area contributed by atoms with Gasteiger partial charge in [-0.25, -0.2) is 13.4 Å². The lowest BCUT2D eigenvalue weighted by Crippen LogP contribution is -2.49. The Morgan fingerprint density at radius 3 is 2.12 bits per heavy atom. The van der Waals surface area contributed by atoms with Crippen LogP contribution in [0.5, 0.6) is 0 Å². The molecule has 4 rings (SSSR count). The lowest BCUT2D eigenvalue weighted by molar-refractivity contribution is 0.383. The molecule has 1 aliphatic heterocycles. The van der Waals surface area contributed by atoms with Crippen LogP contribution in [0.2, 0.25) is 0 Å². The third-order valence-corrected chi connectivity index (χ3v) is 7.83. The molecule has 0 spiro atoms. The zero-order valence-corrected chi connectivity index (χ0v) is 19.6. The normalized spacial score (nSPS) is 15.1. The van der Waals surface area contributed by atoms with Gasteiger partial charge in [-0.3, -0.25) is 0 Å². The summed E-state index contributed by atoms with van der Waals surface area (Å²) in [6, 6.07) is 11.3. The molecule has 1 aliphatic rings. The molecule has 1 saturated heterocycles. The highest BCUT2D eigenvalue weighted by Gasteiger charge is 2.30. The summed E-state index contributed by atoms with van der Waals surface area (Å²) < 4.78 is 28.0. The summed E-state index contributed by atoms with van der Waals surface area (Å²) in [7, 11) is -3.53. The Morgan fingerprint density at radius 2 is 1.50 bits per heavy atom. The van der Waals surface area contributed by atoms with E-state index in [4.69, 9.17) is 0 Å². The number of nitrogens with one attached hydrogen (secondary N) is 1. The molecule has 9 heteroatoms. The molecule has 0 amide bonds. The first-order valence-electron chi connectivity index (χ1n) is 10.6. The lowest BCUT2D eigenvalue weighted by Gasteiger charge is -2.34. The Kier molecular flexibility index (Phi) is 6.12. The van der Waals surface area contributed by atoms with Gasteiger partial charge in [-0.05, 0) is 74.2 Å². The fourth-order valence-electron chi connectivity index (χ4n) is 3.74. The van der Waals surface area contributed by atoms with Gasteiger partial charge in [-0.1, -0.05) is 12.1 Å². The molecule has 1 fully saturated rings. The minimum atomic E-state index is -3.53. The van der Waals surface area contributed by atoms with Gasteiger partial charge in [0.15, 0.2) is 11.6 Å². The van der Waals surface area contributed by atoms with Crippen LogP contribution < -0.4 is 10.2 Å². The maximum Gasteiger partial charge on any atom is 0.243 e. The number of aromatic nitrogens is 3. The van der Waals surface area contributed by atoms with Crippen LogP contribution in [-0.2, 0) is 10.0 Å². The molecule has 1 aromatic carbocycles. The van der Waals surface area contributed by atoms with E-state index in [0.717, 1.165) is 28.1 Å². The van der Waals surface area contributed by atoms with Crippen molar-refractivity contribution in [2.75, 3.05) is 36.4 Å². The summed E-state index contributed by atoms with van der Waals surface area (Å²) in [5.41, 5.74) is 3.96. The van der Waals surface area contributed by atoms with Crippen molar-refractivity contribution in [3.05, 3.63) is 64.8 Å². The van der Waals surface area contributed by atoms with E-state index in [-0.39, 0.29) is 0 Å². The predicted molar refractivity (Wildman–Crippen MR) is 126 cm³/mol. The highest BCUT2D eigenvalue weighted by atomic mass is 32.2. The van der Waals surface area contributed by atoms with Crippen LogP contribution in [-0.4, -0.2) is 54.1 Å². The SMILES string of the molecule is Cc1ccc(Nc2ccc(N3CCN(S(=O)(=O)c4cc(C)c(C)cc4C)CC3)nn2)nc1. The average Bonchev–Trinajstić information content (AvgIpc) is 2.78. The quantitative estimate of drug-likeness (QED) is 0.635. The number of nitrogens with zero attached hydrogens (tertiary/aromatic N) is 5. The molecule has 0 saturated carbocycles. The molecule has 8 nitrogen and oxygen atoms in total. The predicted octanol–water partition coefficient (Wildman–Crippen LogP) is 3.36. The van der Waals surface area contributed by atoms with Gasteiger partial charge in [0.05, 0.1) is 4.90 Å². The van der Waals surface area contributed by atoms with Crippen LogP contribution in [0.4, 0.5) is 17.5 Å². The number of hydrogen-bond donors (Lipinski definition) is 1. The zero-order valence-electron chi connectivity index (χ0n) is 18.8. The molecule has 0 aliphatic carbocycles. The Morgan fingerprint density at radius 1 is 0.812 bits per heavy atom. The monoisotopic (exact) mass is 452 g/mol. The van der Waals surface area contributed by atoms with E-state index >= 15 is 0 Å². The van der Waals surface area contributed by atoms with Gasteiger partial charge in [0.1, 0.15) is 5.82 Å². The second-order valence-corrected chi connectivity index (χ2v) is 10.1. The maximum atomic E-state index is 13.2. The molecular formula is C23H28N6O2S. The molecule has 0 unspecified atom stereocenters. The second-order valence-electron chi connectivity index (χ2n) is 8.22. The van der Waals surface area contributed by atoms with Gasteiger partial charge < -0.3 is 10.2 Å². The number of pyridine rings is 1. The van der Waals surface area contributed by atoms with E-state index in [9.17, 15) is 8.42 Å². The fourth-order valence-corrected chi connectivity index (χ4v) is 5.46. The highest BCUT2D eigenvalue weighted by molar-refractivity contribution is 7.89. The number of anilines is 3. The van der Waals surface area contributed by atoms with Crippen molar-refractivity contribution in [1.82, 2.24) is 19.5 Å². The van der Waals surface area contributed by atoms with Crippen LogP contribution >= 0.6 is 0 Å². The van der Waals surface area contributed by atoms with Gasteiger partial charge in [0.2, 0.25) is 10.0 Å². The summed E-state index contributed by atoms with van der Waals surface area (Å²) in [6.45, 7) is 9.71. The van der Waals surface area contributed by atoms with Crippen LogP contribution in [0.25, 0.3) is 0 Å². The minimum absolute atomic E-state index is 0.397.